The average Bonchev–Trinajstić information content (AvgIpc) is 2.76. The molecule has 0 aliphatic carbocycles. The Morgan fingerprint density at radius 1 is 1.13 bits per heavy atom. The SMILES string of the molecule is CCNCC.CCOC(=O)C1=C(C)NC(C#N)=C(C(C#N)C#N)C1c1ccccc1. The zero-order chi connectivity index (χ0) is 22.5. The molecule has 0 bridgehead atoms. The summed E-state index contributed by atoms with van der Waals surface area (Å²) in [6.07, 6.45) is 0. The maximum Gasteiger partial charge on any atom is 0.336 e. The number of esters is 1. The molecule has 0 saturated carbocycles. The maximum atomic E-state index is 12.5. The minimum atomic E-state index is -1.16. The molecular weight excluding hydrogens is 378 g/mol. The van der Waals surface area contributed by atoms with E-state index in [0.717, 1.165) is 13.1 Å². The number of nitriles is 3. The Labute approximate surface area is 178 Å². The van der Waals surface area contributed by atoms with Crippen LogP contribution in [0.1, 0.15) is 39.2 Å². The molecule has 30 heavy (non-hydrogen) atoms. The molecule has 1 aromatic carbocycles. The largest absolute Gasteiger partial charge is 0.463 e. The molecule has 1 atom stereocenters. The van der Waals surface area contributed by atoms with Gasteiger partial charge >= 0.3 is 5.97 Å². The van der Waals surface area contributed by atoms with Crippen LogP contribution >= 0.6 is 0 Å². The molecule has 0 amide bonds. The van der Waals surface area contributed by atoms with Crippen LogP contribution in [0, 0.1) is 39.9 Å². The first kappa shape index (κ1) is 24.4. The van der Waals surface area contributed by atoms with E-state index in [1.807, 2.05) is 24.3 Å². The zero-order valence-electron chi connectivity index (χ0n) is 17.8. The van der Waals surface area contributed by atoms with Gasteiger partial charge in [0.2, 0.25) is 0 Å². The quantitative estimate of drug-likeness (QED) is 0.697. The van der Waals surface area contributed by atoms with Crippen molar-refractivity contribution in [2.45, 2.75) is 33.6 Å². The highest BCUT2D eigenvalue weighted by atomic mass is 16.5. The minimum Gasteiger partial charge on any atom is -0.463 e. The van der Waals surface area contributed by atoms with Gasteiger partial charge in [0, 0.05) is 17.2 Å². The monoisotopic (exact) mass is 405 g/mol. The third-order valence-electron chi connectivity index (χ3n) is 4.41. The summed E-state index contributed by atoms with van der Waals surface area (Å²) >= 11 is 0. The molecule has 0 radical (unpaired) electrons. The second-order valence-corrected chi connectivity index (χ2v) is 6.32. The molecule has 7 heteroatoms. The second-order valence-electron chi connectivity index (χ2n) is 6.32. The van der Waals surface area contributed by atoms with Crippen LogP contribution in [0.15, 0.2) is 52.9 Å². The Balaban J connectivity index is 0.000000804. The summed E-state index contributed by atoms with van der Waals surface area (Å²) < 4.78 is 5.16. The number of nitrogens with one attached hydrogen (secondary N) is 2. The molecule has 0 fully saturated rings. The van der Waals surface area contributed by atoms with Crippen molar-refractivity contribution in [3.63, 3.8) is 0 Å². The van der Waals surface area contributed by atoms with Crippen molar-refractivity contribution in [3.8, 4) is 18.2 Å². The number of ether oxygens (including phenoxy) is 1. The third-order valence-corrected chi connectivity index (χ3v) is 4.41. The van der Waals surface area contributed by atoms with Crippen LogP contribution in [0.2, 0.25) is 0 Å². The summed E-state index contributed by atoms with van der Waals surface area (Å²) in [6.45, 7) is 9.96. The van der Waals surface area contributed by atoms with Crippen molar-refractivity contribution < 1.29 is 9.53 Å². The van der Waals surface area contributed by atoms with Gasteiger partial charge in [0.05, 0.1) is 24.3 Å². The second kappa shape index (κ2) is 12.8. The van der Waals surface area contributed by atoms with Crippen molar-refractivity contribution in [2.75, 3.05) is 19.7 Å². The fourth-order valence-electron chi connectivity index (χ4n) is 3.14. The molecule has 0 aromatic heterocycles. The molecule has 1 aromatic rings. The Hall–Kier alpha value is -3.60. The van der Waals surface area contributed by atoms with E-state index in [1.165, 1.54) is 0 Å². The average molecular weight is 406 g/mol. The Bertz CT molecular complexity index is 898. The number of hydrogen-bond acceptors (Lipinski definition) is 7. The lowest BCUT2D eigenvalue weighted by atomic mass is 9.76. The smallest absolute Gasteiger partial charge is 0.336 e. The summed E-state index contributed by atoms with van der Waals surface area (Å²) in [5, 5.41) is 34.2. The van der Waals surface area contributed by atoms with Gasteiger partial charge < -0.3 is 15.4 Å². The molecule has 1 aliphatic heterocycles. The lowest BCUT2D eigenvalue weighted by molar-refractivity contribution is -0.138. The van der Waals surface area contributed by atoms with E-state index < -0.39 is 17.8 Å². The van der Waals surface area contributed by atoms with Crippen LogP contribution in [0.3, 0.4) is 0 Å². The van der Waals surface area contributed by atoms with Gasteiger partial charge in [-0.1, -0.05) is 44.2 Å². The van der Waals surface area contributed by atoms with E-state index in [2.05, 4.69) is 24.5 Å². The van der Waals surface area contributed by atoms with E-state index in [0.29, 0.717) is 16.8 Å². The van der Waals surface area contributed by atoms with Crippen molar-refractivity contribution >= 4 is 5.97 Å². The highest BCUT2D eigenvalue weighted by molar-refractivity contribution is 5.93. The number of rotatable bonds is 6. The lowest BCUT2D eigenvalue weighted by Gasteiger charge is -2.30. The molecule has 1 unspecified atom stereocenters. The Morgan fingerprint density at radius 3 is 2.17 bits per heavy atom. The molecule has 156 valence electrons. The molecule has 1 aliphatic rings. The summed E-state index contributed by atoms with van der Waals surface area (Å²) in [7, 11) is 0. The number of allylic oxidation sites excluding steroid dienone is 3. The van der Waals surface area contributed by atoms with Gasteiger partial charge in [-0.3, -0.25) is 0 Å². The number of benzene rings is 1. The number of carbonyl (C=O) groups is 1. The molecule has 0 saturated heterocycles. The van der Waals surface area contributed by atoms with Gasteiger partial charge in [0.1, 0.15) is 11.8 Å². The van der Waals surface area contributed by atoms with Gasteiger partial charge in [0.15, 0.2) is 5.92 Å². The highest BCUT2D eigenvalue weighted by Gasteiger charge is 2.38. The molecular formula is C23H27N5O2. The van der Waals surface area contributed by atoms with Gasteiger partial charge in [0.25, 0.3) is 0 Å². The molecule has 2 N–H and O–H groups in total. The molecule has 1 heterocycles. The first-order valence-corrected chi connectivity index (χ1v) is 9.84. The summed E-state index contributed by atoms with van der Waals surface area (Å²) in [5.74, 6) is -2.39. The molecule has 7 nitrogen and oxygen atoms in total. The number of carbonyl (C=O) groups excluding carboxylic acids is 1. The first-order chi connectivity index (χ1) is 14.5. The van der Waals surface area contributed by atoms with E-state index in [1.54, 1.807) is 38.1 Å². The van der Waals surface area contributed by atoms with Crippen molar-refractivity contribution in [2.24, 2.45) is 5.92 Å². The van der Waals surface area contributed by atoms with Crippen LogP contribution in [0.25, 0.3) is 0 Å². The van der Waals surface area contributed by atoms with Gasteiger partial charge in [-0.2, -0.15) is 15.8 Å². The van der Waals surface area contributed by atoms with Crippen LogP contribution in [-0.2, 0) is 9.53 Å². The number of nitrogens with zero attached hydrogens (tertiary/aromatic N) is 3. The van der Waals surface area contributed by atoms with Gasteiger partial charge in [-0.15, -0.1) is 0 Å². The van der Waals surface area contributed by atoms with Crippen LogP contribution in [0.4, 0.5) is 0 Å². The summed E-state index contributed by atoms with van der Waals surface area (Å²) in [6, 6.07) is 14.8. The number of hydrogen-bond donors (Lipinski definition) is 2. The zero-order valence-corrected chi connectivity index (χ0v) is 17.8. The minimum absolute atomic E-state index is 0.118. The highest BCUT2D eigenvalue weighted by Crippen LogP contribution is 2.41. The predicted molar refractivity (Wildman–Crippen MR) is 113 cm³/mol. The predicted octanol–water partition coefficient (Wildman–Crippen LogP) is 3.27. The van der Waals surface area contributed by atoms with Crippen LogP contribution in [-0.4, -0.2) is 25.7 Å². The van der Waals surface area contributed by atoms with E-state index in [4.69, 9.17) is 4.74 Å². The van der Waals surface area contributed by atoms with Crippen molar-refractivity contribution in [3.05, 3.63) is 58.4 Å². The summed E-state index contributed by atoms with van der Waals surface area (Å²) in [4.78, 5) is 12.5. The third kappa shape index (κ3) is 5.95. The van der Waals surface area contributed by atoms with E-state index in [-0.39, 0.29) is 17.9 Å². The topological polar surface area (TPSA) is 122 Å². The maximum absolute atomic E-state index is 12.5. The van der Waals surface area contributed by atoms with Crippen LogP contribution < -0.4 is 10.6 Å². The Kier molecular flexibility index (Phi) is 10.4. The number of dihydropyridines is 1. The van der Waals surface area contributed by atoms with Crippen LogP contribution in [0.5, 0.6) is 0 Å². The first-order valence-electron chi connectivity index (χ1n) is 9.84. The normalized spacial score (nSPS) is 15.2. The molecule has 2 rings (SSSR count). The molecule has 0 spiro atoms. The fraction of sp³-hybridized carbons (Fsp3) is 0.391. The summed E-state index contributed by atoms with van der Waals surface area (Å²) in [5.41, 5.74) is 1.88. The van der Waals surface area contributed by atoms with Gasteiger partial charge in [-0.25, -0.2) is 4.79 Å². The van der Waals surface area contributed by atoms with Gasteiger partial charge in [-0.05, 0) is 32.5 Å². The van der Waals surface area contributed by atoms with Crippen molar-refractivity contribution in [1.29, 1.82) is 15.8 Å². The van der Waals surface area contributed by atoms with Crippen molar-refractivity contribution in [1.82, 2.24) is 10.6 Å². The fourth-order valence-corrected chi connectivity index (χ4v) is 3.14. The standard InChI is InChI=1S/C19H16N4O2.C4H11N/c1-3-25-19(24)16-12(2)23-15(11-22)17(14(9-20)10-21)18(16)13-7-5-4-6-8-13;1-3-5-4-2/h4-8,14,18,23H,3H2,1-2H3;5H,3-4H2,1-2H3. The lowest BCUT2D eigenvalue weighted by Crippen LogP contribution is -2.31. The van der Waals surface area contributed by atoms with E-state index in [9.17, 15) is 20.6 Å². The Morgan fingerprint density at radius 2 is 1.73 bits per heavy atom. The van der Waals surface area contributed by atoms with E-state index >= 15 is 0 Å².